The minimum Gasteiger partial charge on any atom is -0.394 e. The Hall–Kier alpha value is -1.33. The molecule has 1 rings (SSSR count). The van der Waals surface area contributed by atoms with Crippen molar-refractivity contribution in [2.24, 2.45) is 0 Å². The number of carbonyl (C=O) groups is 1. The highest BCUT2D eigenvalue weighted by Crippen LogP contribution is 2.22. The van der Waals surface area contributed by atoms with Gasteiger partial charge in [-0.15, -0.1) is 0 Å². The van der Waals surface area contributed by atoms with E-state index in [1.54, 1.807) is 6.08 Å². The van der Waals surface area contributed by atoms with Gasteiger partial charge in [0, 0.05) is 6.42 Å². The molecule has 0 bridgehead atoms. The molecule has 1 aliphatic heterocycles. The summed E-state index contributed by atoms with van der Waals surface area (Å²) in [7, 11) is 0. The van der Waals surface area contributed by atoms with Crippen molar-refractivity contribution in [1.82, 2.24) is 5.32 Å². The predicted octanol–water partition coefficient (Wildman–Crippen LogP) is 7.94. The summed E-state index contributed by atoms with van der Waals surface area (Å²) >= 11 is 0. The maximum atomic E-state index is 12.9. The molecule has 7 atom stereocenters. The van der Waals surface area contributed by atoms with Crippen molar-refractivity contribution < 1.29 is 39.8 Å². The number of allylic oxidation sites excluding steroid dienone is 3. The number of ether oxygens (including phenoxy) is 2. The Labute approximate surface area is 311 Å². The number of amides is 1. The number of nitrogens with one attached hydrogen (secondary N) is 1. The topological polar surface area (TPSA) is 149 Å². The van der Waals surface area contributed by atoms with E-state index in [0.29, 0.717) is 6.42 Å². The average Bonchev–Trinajstić information content (AvgIpc) is 3.13. The quantitative estimate of drug-likeness (QED) is 0.0289. The summed E-state index contributed by atoms with van der Waals surface area (Å²) in [5, 5.41) is 54.0. The van der Waals surface area contributed by atoms with Gasteiger partial charge in [0.1, 0.15) is 24.4 Å². The first kappa shape index (κ1) is 47.7. The van der Waals surface area contributed by atoms with E-state index in [0.717, 1.165) is 57.8 Å². The van der Waals surface area contributed by atoms with Crippen molar-refractivity contribution in [1.29, 1.82) is 0 Å². The second-order valence-corrected chi connectivity index (χ2v) is 14.8. The van der Waals surface area contributed by atoms with Crippen LogP contribution >= 0.6 is 0 Å². The number of hydrogen-bond acceptors (Lipinski definition) is 8. The van der Waals surface area contributed by atoms with Crippen LogP contribution in [0.5, 0.6) is 0 Å². The van der Waals surface area contributed by atoms with Crippen molar-refractivity contribution in [2.45, 2.75) is 224 Å². The summed E-state index contributed by atoms with van der Waals surface area (Å²) < 4.78 is 11.2. The lowest BCUT2D eigenvalue weighted by atomic mass is 9.99. The van der Waals surface area contributed by atoms with Crippen LogP contribution in [0.25, 0.3) is 0 Å². The Bertz CT molecular complexity index is 853. The highest BCUT2D eigenvalue weighted by Gasteiger charge is 2.44. The van der Waals surface area contributed by atoms with E-state index in [4.69, 9.17) is 9.47 Å². The van der Waals surface area contributed by atoms with Gasteiger partial charge in [0.2, 0.25) is 5.91 Å². The van der Waals surface area contributed by atoms with Crippen LogP contribution in [0.1, 0.15) is 181 Å². The van der Waals surface area contributed by atoms with E-state index in [1.165, 1.54) is 103 Å². The fraction of sp³-hybridized carbons (Fsp3) is 0.881. The molecule has 1 aliphatic rings. The molecule has 0 aromatic rings. The van der Waals surface area contributed by atoms with Gasteiger partial charge in [0.05, 0.1) is 25.4 Å². The van der Waals surface area contributed by atoms with Crippen molar-refractivity contribution in [3.8, 4) is 0 Å². The lowest BCUT2D eigenvalue weighted by molar-refractivity contribution is -0.302. The molecule has 9 nitrogen and oxygen atoms in total. The zero-order valence-electron chi connectivity index (χ0n) is 32.6. The van der Waals surface area contributed by atoms with Crippen LogP contribution in [-0.4, -0.2) is 87.5 Å². The third kappa shape index (κ3) is 24.6. The molecule has 0 saturated carbocycles. The number of carbonyl (C=O) groups excluding carboxylic acids is 1. The van der Waals surface area contributed by atoms with Crippen LogP contribution in [-0.2, 0) is 14.3 Å². The van der Waals surface area contributed by atoms with E-state index in [2.05, 4.69) is 31.3 Å². The predicted molar refractivity (Wildman–Crippen MR) is 207 cm³/mol. The smallest absolute Gasteiger partial charge is 0.220 e. The van der Waals surface area contributed by atoms with Gasteiger partial charge in [-0.25, -0.2) is 0 Å². The van der Waals surface area contributed by atoms with Gasteiger partial charge < -0.3 is 40.3 Å². The number of aliphatic hydroxyl groups excluding tert-OH is 5. The summed E-state index contributed by atoms with van der Waals surface area (Å²) in [4.78, 5) is 12.9. The van der Waals surface area contributed by atoms with Crippen molar-refractivity contribution in [3.05, 3.63) is 24.3 Å². The minimum absolute atomic E-state index is 0.187. The summed E-state index contributed by atoms with van der Waals surface area (Å²) in [6.07, 6.45) is 30.7. The molecule has 0 aliphatic carbocycles. The third-order valence-electron chi connectivity index (χ3n) is 10.0. The van der Waals surface area contributed by atoms with Gasteiger partial charge in [0.15, 0.2) is 6.29 Å². The molecule has 0 spiro atoms. The van der Waals surface area contributed by atoms with E-state index >= 15 is 0 Å². The van der Waals surface area contributed by atoms with E-state index in [-0.39, 0.29) is 12.5 Å². The Morgan fingerprint density at radius 2 is 1.10 bits per heavy atom. The first-order valence-corrected chi connectivity index (χ1v) is 21.1. The zero-order valence-corrected chi connectivity index (χ0v) is 32.6. The maximum absolute atomic E-state index is 12.9. The second kappa shape index (κ2) is 33.3. The number of unbranched alkanes of at least 4 members (excludes halogenated alkanes) is 22. The van der Waals surface area contributed by atoms with Gasteiger partial charge in [-0.3, -0.25) is 4.79 Å². The lowest BCUT2D eigenvalue weighted by Gasteiger charge is -2.40. The van der Waals surface area contributed by atoms with E-state index in [1.807, 2.05) is 6.08 Å². The molecule has 51 heavy (non-hydrogen) atoms. The summed E-state index contributed by atoms with van der Waals surface area (Å²) in [6.45, 7) is 3.74. The first-order valence-electron chi connectivity index (χ1n) is 21.1. The molecule has 9 heteroatoms. The fourth-order valence-electron chi connectivity index (χ4n) is 6.56. The maximum Gasteiger partial charge on any atom is 0.220 e. The van der Waals surface area contributed by atoms with Crippen LogP contribution < -0.4 is 5.32 Å². The van der Waals surface area contributed by atoms with Crippen LogP contribution in [0.3, 0.4) is 0 Å². The van der Waals surface area contributed by atoms with Gasteiger partial charge in [-0.2, -0.15) is 0 Å². The van der Waals surface area contributed by atoms with Gasteiger partial charge in [0.25, 0.3) is 0 Å². The molecule has 0 aromatic carbocycles. The van der Waals surface area contributed by atoms with E-state index in [9.17, 15) is 30.3 Å². The Morgan fingerprint density at radius 1 is 0.647 bits per heavy atom. The van der Waals surface area contributed by atoms with Crippen molar-refractivity contribution in [2.75, 3.05) is 13.2 Å². The monoisotopic (exact) mass is 726 g/mol. The molecule has 1 saturated heterocycles. The molecule has 0 aromatic heterocycles. The van der Waals surface area contributed by atoms with Gasteiger partial charge >= 0.3 is 0 Å². The molecule has 300 valence electrons. The Morgan fingerprint density at radius 3 is 1.59 bits per heavy atom. The molecule has 6 N–H and O–H groups in total. The lowest BCUT2D eigenvalue weighted by Crippen LogP contribution is -2.60. The minimum atomic E-state index is -1.56. The standard InChI is InChI=1S/C42H79NO8/c1-3-5-7-9-11-13-15-17-19-21-23-25-27-29-31-36(45)35(34-50-42-41(49)40(48)39(47)37(33-44)51-42)43-38(46)32-30-28-26-24-22-20-18-16-14-12-10-8-6-4-2/h16,18,29,31,35-37,39-42,44-45,47-49H,3-15,17,19-28,30,32-34H2,1-2H3,(H,43,46)/b18-16-,31-29+. The zero-order chi connectivity index (χ0) is 37.4. The molecule has 1 fully saturated rings. The van der Waals surface area contributed by atoms with Crippen LogP contribution in [0.4, 0.5) is 0 Å². The second-order valence-electron chi connectivity index (χ2n) is 14.8. The van der Waals surface area contributed by atoms with Gasteiger partial charge in [-0.05, 0) is 44.9 Å². The summed E-state index contributed by atoms with van der Waals surface area (Å²) in [6, 6.07) is -0.804. The molecule has 0 radical (unpaired) electrons. The van der Waals surface area contributed by atoms with E-state index < -0.39 is 49.5 Å². The SMILES string of the molecule is CCCCCCC/C=C\CCCCCCCC(=O)NC(COC1OC(CO)C(O)C(O)C1O)C(O)/C=C/CCCCCCCCCCCCCC. The molecular formula is C42H79NO8. The summed E-state index contributed by atoms with van der Waals surface area (Å²) in [5.74, 6) is -0.187. The van der Waals surface area contributed by atoms with Crippen molar-refractivity contribution in [3.63, 3.8) is 0 Å². The largest absolute Gasteiger partial charge is 0.394 e. The average molecular weight is 726 g/mol. The molecular weight excluding hydrogens is 646 g/mol. The molecule has 7 unspecified atom stereocenters. The first-order chi connectivity index (χ1) is 24.8. The Balaban J connectivity index is 2.42. The fourth-order valence-corrected chi connectivity index (χ4v) is 6.56. The summed E-state index contributed by atoms with van der Waals surface area (Å²) in [5.41, 5.74) is 0. The number of hydrogen-bond donors (Lipinski definition) is 6. The van der Waals surface area contributed by atoms with Gasteiger partial charge in [-0.1, -0.05) is 154 Å². The number of aliphatic hydroxyl groups is 5. The molecule has 1 heterocycles. The van der Waals surface area contributed by atoms with Crippen LogP contribution in [0, 0.1) is 0 Å². The normalized spacial score (nSPS) is 22.2. The highest BCUT2D eigenvalue weighted by molar-refractivity contribution is 5.76. The highest BCUT2D eigenvalue weighted by atomic mass is 16.7. The van der Waals surface area contributed by atoms with Crippen LogP contribution in [0.15, 0.2) is 24.3 Å². The molecule has 1 amide bonds. The Kier molecular flexibility index (Phi) is 31.1. The van der Waals surface area contributed by atoms with Crippen LogP contribution in [0.2, 0.25) is 0 Å². The number of rotatable bonds is 34. The van der Waals surface area contributed by atoms with Crippen molar-refractivity contribution >= 4 is 5.91 Å². The third-order valence-corrected chi connectivity index (χ3v) is 10.0.